The fraction of sp³-hybridized carbons (Fsp3) is 0.625. The van der Waals surface area contributed by atoms with Crippen LogP contribution in [0.5, 0.6) is 0 Å². The number of anilines is 1. The Labute approximate surface area is 122 Å². The lowest BCUT2D eigenvalue weighted by molar-refractivity contribution is 0.171. The molecule has 0 aliphatic heterocycles. The fourth-order valence-electron chi connectivity index (χ4n) is 2.32. The van der Waals surface area contributed by atoms with Crippen molar-refractivity contribution in [2.24, 2.45) is 5.73 Å². The molecule has 0 radical (unpaired) electrons. The van der Waals surface area contributed by atoms with Crippen LogP contribution in [-0.2, 0) is 15.9 Å². The molecular weight excluding hydrogens is 252 g/mol. The molecule has 0 saturated carbocycles. The van der Waals surface area contributed by atoms with Crippen LogP contribution in [0.4, 0.5) is 5.69 Å². The van der Waals surface area contributed by atoms with Crippen molar-refractivity contribution in [1.82, 2.24) is 0 Å². The zero-order valence-corrected chi connectivity index (χ0v) is 13.1. The number of benzene rings is 1. The summed E-state index contributed by atoms with van der Waals surface area (Å²) < 4.78 is 10.5. The maximum absolute atomic E-state index is 5.83. The molecule has 1 aromatic rings. The molecule has 0 heterocycles. The summed E-state index contributed by atoms with van der Waals surface area (Å²) in [6.07, 6.45) is 0.909. The minimum absolute atomic E-state index is 0.192. The molecule has 4 heteroatoms. The van der Waals surface area contributed by atoms with E-state index in [-0.39, 0.29) is 6.04 Å². The Morgan fingerprint density at radius 1 is 1.10 bits per heavy atom. The molecule has 114 valence electrons. The lowest BCUT2D eigenvalue weighted by Crippen LogP contribution is -2.38. The highest BCUT2D eigenvalue weighted by atomic mass is 16.5. The van der Waals surface area contributed by atoms with Gasteiger partial charge in [0.2, 0.25) is 0 Å². The second kappa shape index (κ2) is 8.95. The van der Waals surface area contributed by atoms with E-state index in [2.05, 4.69) is 36.1 Å². The van der Waals surface area contributed by atoms with Gasteiger partial charge in [0.05, 0.1) is 13.2 Å². The number of nitrogens with zero attached hydrogens (tertiary/aromatic N) is 1. The SMILES string of the molecule is COCCN(c1ccc(CC(C)N)cc1)C(C)COC. The third-order valence-electron chi connectivity index (χ3n) is 3.30. The Hall–Kier alpha value is -1.10. The van der Waals surface area contributed by atoms with Gasteiger partial charge in [-0.2, -0.15) is 0 Å². The minimum Gasteiger partial charge on any atom is -0.383 e. The van der Waals surface area contributed by atoms with E-state index in [1.54, 1.807) is 14.2 Å². The van der Waals surface area contributed by atoms with Crippen molar-refractivity contribution >= 4 is 5.69 Å². The fourth-order valence-corrected chi connectivity index (χ4v) is 2.32. The third-order valence-corrected chi connectivity index (χ3v) is 3.30. The number of hydrogen-bond donors (Lipinski definition) is 1. The predicted molar refractivity (Wildman–Crippen MR) is 84.4 cm³/mol. The number of methoxy groups -OCH3 is 2. The van der Waals surface area contributed by atoms with E-state index in [1.807, 2.05) is 6.92 Å². The van der Waals surface area contributed by atoms with Crippen molar-refractivity contribution in [3.8, 4) is 0 Å². The van der Waals surface area contributed by atoms with Crippen LogP contribution in [0.2, 0.25) is 0 Å². The van der Waals surface area contributed by atoms with Crippen molar-refractivity contribution in [1.29, 1.82) is 0 Å². The molecular formula is C16H28N2O2. The van der Waals surface area contributed by atoms with E-state index in [9.17, 15) is 0 Å². The van der Waals surface area contributed by atoms with E-state index in [0.29, 0.717) is 19.3 Å². The average Bonchev–Trinajstić information content (AvgIpc) is 2.40. The third kappa shape index (κ3) is 5.49. The summed E-state index contributed by atoms with van der Waals surface area (Å²) >= 11 is 0. The van der Waals surface area contributed by atoms with Gasteiger partial charge in [0.15, 0.2) is 0 Å². The smallest absolute Gasteiger partial charge is 0.0663 e. The van der Waals surface area contributed by atoms with Crippen LogP contribution >= 0.6 is 0 Å². The summed E-state index contributed by atoms with van der Waals surface area (Å²) in [6.45, 7) is 6.45. The molecule has 2 atom stereocenters. The lowest BCUT2D eigenvalue weighted by atomic mass is 10.1. The van der Waals surface area contributed by atoms with E-state index in [0.717, 1.165) is 13.0 Å². The van der Waals surface area contributed by atoms with Crippen LogP contribution in [0.25, 0.3) is 0 Å². The molecule has 1 rings (SSSR count). The van der Waals surface area contributed by atoms with Crippen LogP contribution < -0.4 is 10.6 Å². The summed E-state index contributed by atoms with van der Waals surface area (Å²) in [5, 5.41) is 0. The molecule has 0 aliphatic carbocycles. The largest absolute Gasteiger partial charge is 0.383 e. The van der Waals surface area contributed by atoms with Gasteiger partial charge in [0.1, 0.15) is 0 Å². The molecule has 0 aliphatic rings. The first-order valence-corrected chi connectivity index (χ1v) is 7.17. The van der Waals surface area contributed by atoms with Crippen molar-refractivity contribution < 1.29 is 9.47 Å². The summed E-state index contributed by atoms with van der Waals surface area (Å²) in [6, 6.07) is 9.11. The topological polar surface area (TPSA) is 47.7 Å². The average molecular weight is 280 g/mol. The van der Waals surface area contributed by atoms with Gasteiger partial charge in [-0.25, -0.2) is 0 Å². The molecule has 0 aromatic heterocycles. The van der Waals surface area contributed by atoms with Gasteiger partial charge in [0, 0.05) is 38.5 Å². The maximum Gasteiger partial charge on any atom is 0.0663 e. The van der Waals surface area contributed by atoms with Gasteiger partial charge in [-0.3, -0.25) is 0 Å². The van der Waals surface area contributed by atoms with Crippen LogP contribution in [0, 0.1) is 0 Å². The molecule has 2 N–H and O–H groups in total. The Morgan fingerprint density at radius 3 is 2.25 bits per heavy atom. The van der Waals surface area contributed by atoms with Crippen molar-refractivity contribution in [3.05, 3.63) is 29.8 Å². The molecule has 0 saturated heterocycles. The standard InChI is InChI=1S/C16H28N2O2/c1-13(17)11-15-5-7-16(8-6-15)18(9-10-19-3)14(2)12-20-4/h5-8,13-14H,9-12,17H2,1-4H3. The van der Waals surface area contributed by atoms with Gasteiger partial charge < -0.3 is 20.1 Å². The van der Waals surface area contributed by atoms with Crippen LogP contribution in [0.1, 0.15) is 19.4 Å². The second-order valence-corrected chi connectivity index (χ2v) is 5.34. The van der Waals surface area contributed by atoms with E-state index in [1.165, 1.54) is 11.3 Å². The van der Waals surface area contributed by atoms with Gasteiger partial charge in [0.25, 0.3) is 0 Å². The summed E-state index contributed by atoms with van der Waals surface area (Å²) in [5.41, 5.74) is 8.30. The lowest BCUT2D eigenvalue weighted by Gasteiger charge is -2.31. The Bertz CT molecular complexity index is 365. The van der Waals surface area contributed by atoms with E-state index < -0.39 is 0 Å². The normalized spacial score (nSPS) is 14.1. The number of rotatable bonds is 9. The quantitative estimate of drug-likeness (QED) is 0.752. The maximum atomic E-state index is 5.83. The van der Waals surface area contributed by atoms with Gasteiger partial charge in [-0.05, 0) is 38.0 Å². The first kappa shape index (κ1) is 17.0. The zero-order chi connectivity index (χ0) is 15.0. The summed E-state index contributed by atoms with van der Waals surface area (Å²) in [5.74, 6) is 0. The van der Waals surface area contributed by atoms with Crippen molar-refractivity contribution in [2.45, 2.75) is 32.4 Å². The molecule has 0 amide bonds. The number of hydrogen-bond acceptors (Lipinski definition) is 4. The highest BCUT2D eigenvalue weighted by molar-refractivity contribution is 5.48. The molecule has 2 unspecified atom stereocenters. The Morgan fingerprint density at radius 2 is 1.75 bits per heavy atom. The van der Waals surface area contributed by atoms with Crippen molar-refractivity contribution in [3.63, 3.8) is 0 Å². The Balaban J connectivity index is 2.78. The summed E-state index contributed by atoms with van der Waals surface area (Å²) in [4.78, 5) is 2.31. The molecule has 0 bridgehead atoms. The van der Waals surface area contributed by atoms with E-state index in [4.69, 9.17) is 15.2 Å². The number of nitrogens with two attached hydrogens (primary N) is 1. The summed E-state index contributed by atoms with van der Waals surface area (Å²) in [7, 11) is 3.46. The van der Waals surface area contributed by atoms with Crippen LogP contribution in [-0.4, -0.2) is 46.1 Å². The second-order valence-electron chi connectivity index (χ2n) is 5.34. The van der Waals surface area contributed by atoms with Gasteiger partial charge >= 0.3 is 0 Å². The van der Waals surface area contributed by atoms with E-state index >= 15 is 0 Å². The molecule has 20 heavy (non-hydrogen) atoms. The minimum atomic E-state index is 0.192. The first-order chi connectivity index (χ1) is 9.58. The first-order valence-electron chi connectivity index (χ1n) is 7.17. The zero-order valence-electron chi connectivity index (χ0n) is 13.1. The highest BCUT2D eigenvalue weighted by Gasteiger charge is 2.14. The van der Waals surface area contributed by atoms with Crippen LogP contribution in [0.15, 0.2) is 24.3 Å². The van der Waals surface area contributed by atoms with Crippen molar-refractivity contribution in [2.75, 3.05) is 38.9 Å². The molecule has 4 nitrogen and oxygen atoms in total. The Kier molecular flexibility index (Phi) is 7.59. The van der Waals surface area contributed by atoms with Crippen LogP contribution in [0.3, 0.4) is 0 Å². The van der Waals surface area contributed by atoms with Gasteiger partial charge in [-0.1, -0.05) is 12.1 Å². The highest BCUT2D eigenvalue weighted by Crippen LogP contribution is 2.18. The molecule has 1 aromatic carbocycles. The number of ether oxygens (including phenoxy) is 2. The molecule has 0 fully saturated rings. The predicted octanol–water partition coefficient (Wildman–Crippen LogP) is 2.06. The molecule has 0 spiro atoms. The monoisotopic (exact) mass is 280 g/mol. The van der Waals surface area contributed by atoms with Gasteiger partial charge in [-0.15, -0.1) is 0 Å².